The number of nitrogens with zero attached hydrogens (tertiary/aromatic N) is 2. The molecule has 33 heavy (non-hydrogen) atoms. The molecule has 2 heterocycles. The zero-order chi connectivity index (χ0) is 24.1. The van der Waals surface area contributed by atoms with E-state index < -0.39 is 18.2 Å². The number of rotatable bonds is 7. The summed E-state index contributed by atoms with van der Waals surface area (Å²) in [6.07, 6.45) is 4.36. The van der Waals surface area contributed by atoms with Gasteiger partial charge in [0.15, 0.2) is 0 Å². The van der Waals surface area contributed by atoms with Crippen LogP contribution in [-0.4, -0.2) is 41.6 Å². The van der Waals surface area contributed by atoms with Crippen LogP contribution in [0.5, 0.6) is 0 Å². The first-order valence-electron chi connectivity index (χ1n) is 11.2. The van der Waals surface area contributed by atoms with Crippen molar-refractivity contribution in [3.05, 3.63) is 58.7 Å². The van der Waals surface area contributed by atoms with E-state index in [0.29, 0.717) is 6.42 Å². The van der Waals surface area contributed by atoms with E-state index >= 15 is 0 Å². The Morgan fingerprint density at radius 3 is 2.36 bits per heavy atom. The predicted octanol–water partition coefficient (Wildman–Crippen LogP) is 5.19. The first-order chi connectivity index (χ1) is 15.7. The van der Waals surface area contributed by atoms with Crippen LogP contribution in [0.25, 0.3) is 17.2 Å². The number of aliphatic hydroxyl groups excluding tert-OH is 1. The molecule has 0 aliphatic carbocycles. The molecule has 0 bridgehead atoms. The molecule has 1 aliphatic heterocycles. The molecular formula is C26H31FN2O4. The Kier molecular flexibility index (Phi) is 7.97. The molecule has 6 nitrogen and oxygen atoms in total. The molecule has 1 aromatic heterocycles. The van der Waals surface area contributed by atoms with Crippen molar-refractivity contribution in [2.45, 2.75) is 64.6 Å². The summed E-state index contributed by atoms with van der Waals surface area (Å²) in [6.45, 7) is 8.24. The van der Waals surface area contributed by atoms with Crippen molar-refractivity contribution in [2.24, 2.45) is 5.16 Å². The van der Waals surface area contributed by atoms with Crippen molar-refractivity contribution in [3.63, 3.8) is 0 Å². The van der Waals surface area contributed by atoms with Gasteiger partial charge in [-0.1, -0.05) is 51.1 Å². The van der Waals surface area contributed by atoms with E-state index in [2.05, 4.69) is 32.9 Å². The number of esters is 1. The molecule has 7 heteroatoms. The second-order valence-corrected chi connectivity index (χ2v) is 8.80. The fourth-order valence-electron chi connectivity index (χ4n) is 3.99. The van der Waals surface area contributed by atoms with E-state index in [1.165, 1.54) is 19.2 Å². The standard InChI is InChI=1S/C26H31FN2O4/c1-15(2)25-21(11-10-20-12-19(30)13-23(31)33-20)24(17-6-8-18(27)9-7-17)22(14-28-32-5)26(29-25)16(3)4/h6-11,14-16,19-20,30H,12-13H2,1-5H3/b11-10+,28-14?/t19-,20-/m1/s1. The van der Waals surface area contributed by atoms with Crippen LogP contribution in [0, 0.1) is 5.82 Å². The van der Waals surface area contributed by atoms with E-state index in [9.17, 15) is 14.3 Å². The van der Waals surface area contributed by atoms with Crippen molar-refractivity contribution < 1.29 is 23.9 Å². The summed E-state index contributed by atoms with van der Waals surface area (Å²) in [4.78, 5) is 21.7. The van der Waals surface area contributed by atoms with Crippen LogP contribution >= 0.6 is 0 Å². The predicted molar refractivity (Wildman–Crippen MR) is 127 cm³/mol. The van der Waals surface area contributed by atoms with Crippen molar-refractivity contribution >= 4 is 18.3 Å². The number of benzene rings is 1. The van der Waals surface area contributed by atoms with E-state index in [1.807, 2.05) is 6.08 Å². The smallest absolute Gasteiger partial charge is 0.309 e. The Morgan fingerprint density at radius 2 is 1.79 bits per heavy atom. The molecule has 0 saturated carbocycles. The van der Waals surface area contributed by atoms with Gasteiger partial charge < -0.3 is 14.7 Å². The Hall–Kier alpha value is -3.06. The van der Waals surface area contributed by atoms with E-state index in [1.54, 1.807) is 24.4 Å². The number of aromatic nitrogens is 1. The van der Waals surface area contributed by atoms with Gasteiger partial charge in [-0.05, 0) is 35.6 Å². The highest BCUT2D eigenvalue weighted by molar-refractivity contribution is 5.95. The summed E-state index contributed by atoms with van der Waals surface area (Å²) in [5.41, 5.74) is 4.98. The van der Waals surface area contributed by atoms with Gasteiger partial charge in [-0.2, -0.15) is 0 Å². The highest BCUT2D eigenvalue weighted by Gasteiger charge is 2.26. The van der Waals surface area contributed by atoms with Gasteiger partial charge in [0.2, 0.25) is 0 Å². The lowest BCUT2D eigenvalue weighted by molar-refractivity contribution is -0.156. The van der Waals surface area contributed by atoms with E-state index in [4.69, 9.17) is 14.6 Å². The van der Waals surface area contributed by atoms with Gasteiger partial charge in [0.05, 0.1) is 30.1 Å². The molecular weight excluding hydrogens is 423 g/mol. The van der Waals surface area contributed by atoms with Gasteiger partial charge in [-0.15, -0.1) is 0 Å². The molecule has 2 atom stereocenters. The minimum Gasteiger partial charge on any atom is -0.458 e. The first-order valence-corrected chi connectivity index (χ1v) is 11.2. The third-order valence-electron chi connectivity index (χ3n) is 5.51. The Balaban J connectivity index is 2.28. The van der Waals surface area contributed by atoms with Crippen LogP contribution in [0.15, 0.2) is 35.5 Å². The fraction of sp³-hybridized carbons (Fsp3) is 0.423. The number of ether oxygens (including phenoxy) is 1. The minimum absolute atomic E-state index is 0.00465. The van der Waals surface area contributed by atoms with Gasteiger partial charge in [-0.3, -0.25) is 9.78 Å². The zero-order valence-electron chi connectivity index (χ0n) is 19.7. The largest absolute Gasteiger partial charge is 0.458 e. The Morgan fingerprint density at radius 1 is 1.15 bits per heavy atom. The summed E-state index contributed by atoms with van der Waals surface area (Å²) in [6, 6.07) is 6.29. The SMILES string of the molecule is CON=Cc1c(C(C)C)nc(C(C)C)c(/C=C/[C@@H]2C[C@@H](O)CC(=O)O2)c1-c1ccc(F)cc1. The lowest BCUT2D eigenvalue weighted by Gasteiger charge is -2.24. The van der Waals surface area contributed by atoms with E-state index in [-0.39, 0.29) is 24.1 Å². The lowest BCUT2D eigenvalue weighted by Crippen LogP contribution is -2.31. The molecule has 176 valence electrons. The second kappa shape index (κ2) is 10.7. The number of carbonyl (C=O) groups excluding carboxylic acids is 1. The number of hydrogen-bond acceptors (Lipinski definition) is 6. The summed E-state index contributed by atoms with van der Waals surface area (Å²) in [5.74, 6) is -0.553. The number of hydrogen-bond donors (Lipinski definition) is 1. The van der Waals surface area contributed by atoms with E-state index in [0.717, 1.165) is 33.6 Å². The third kappa shape index (κ3) is 5.85. The third-order valence-corrected chi connectivity index (χ3v) is 5.51. The average Bonchev–Trinajstić information content (AvgIpc) is 2.75. The molecule has 1 aromatic carbocycles. The number of oxime groups is 1. The van der Waals surface area contributed by atoms with Gasteiger partial charge in [0.1, 0.15) is 19.0 Å². The van der Waals surface area contributed by atoms with Gasteiger partial charge in [0.25, 0.3) is 0 Å². The summed E-state index contributed by atoms with van der Waals surface area (Å²) in [7, 11) is 1.47. The van der Waals surface area contributed by atoms with Crippen molar-refractivity contribution in [2.75, 3.05) is 7.11 Å². The monoisotopic (exact) mass is 454 g/mol. The maximum absolute atomic E-state index is 13.7. The topological polar surface area (TPSA) is 81.0 Å². The molecule has 0 unspecified atom stereocenters. The van der Waals surface area contributed by atoms with Crippen molar-refractivity contribution in [3.8, 4) is 11.1 Å². The summed E-state index contributed by atoms with van der Waals surface area (Å²) >= 11 is 0. The Bertz CT molecular complexity index is 1050. The molecule has 1 N–H and O–H groups in total. The highest BCUT2D eigenvalue weighted by Crippen LogP contribution is 2.37. The Labute approximate surface area is 194 Å². The maximum Gasteiger partial charge on any atom is 0.309 e. The molecule has 1 aliphatic rings. The van der Waals surface area contributed by atoms with Crippen molar-refractivity contribution in [1.82, 2.24) is 4.98 Å². The maximum atomic E-state index is 13.7. The molecule has 1 saturated heterocycles. The van der Waals surface area contributed by atoms with Crippen LogP contribution in [0.1, 0.15) is 74.9 Å². The fourth-order valence-corrected chi connectivity index (χ4v) is 3.99. The van der Waals surface area contributed by atoms with Crippen LogP contribution in [0.2, 0.25) is 0 Å². The van der Waals surface area contributed by atoms with Gasteiger partial charge >= 0.3 is 5.97 Å². The molecule has 3 rings (SSSR count). The number of cyclic esters (lactones) is 1. The molecule has 2 aromatic rings. The minimum atomic E-state index is -0.729. The summed E-state index contributed by atoms with van der Waals surface area (Å²) in [5, 5.41) is 14.0. The number of pyridine rings is 1. The molecule has 0 spiro atoms. The molecule has 0 radical (unpaired) electrons. The number of halogens is 1. The number of aliphatic hydroxyl groups is 1. The number of carbonyl (C=O) groups is 1. The van der Waals surface area contributed by atoms with Crippen LogP contribution < -0.4 is 0 Å². The molecule has 0 amide bonds. The van der Waals surface area contributed by atoms with Crippen molar-refractivity contribution in [1.29, 1.82) is 0 Å². The highest BCUT2D eigenvalue weighted by atomic mass is 19.1. The first kappa shape index (κ1) is 24.6. The summed E-state index contributed by atoms with van der Waals surface area (Å²) < 4.78 is 19.1. The zero-order valence-corrected chi connectivity index (χ0v) is 19.7. The normalized spacial score (nSPS) is 19.1. The lowest BCUT2D eigenvalue weighted by atomic mass is 9.87. The van der Waals surface area contributed by atoms with Crippen LogP contribution in [-0.2, 0) is 14.4 Å². The average molecular weight is 455 g/mol. The van der Waals surface area contributed by atoms with Gasteiger partial charge in [-0.25, -0.2) is 4.39 Å². The van der Waals surface area contributed by atoms with Gasteiger partial charge in [0, 0.05) is 23.1 Å². The van der Waals surface area contributed by atoms with Crippen LogP contribution in [0.4, 0.5) is 4.39 Å². The molecule has 1 fully saturated rings. The second-order valence-electron chi connectivity index (χ2n) is 8.80. The quantitative estimate of drug-likeness (QED) is 0.354. The van der Waals surface area contributed by atoms with Crippen LogP contribution in [0.3, 0.4) is 0 Å².